The smallest absolute Gasteiger partial charge is 0.271 e. The van der Waals surface area contributed by atoms with Gasteiger partial charge in [-0.1, -0.05) is 38.1 Å². The average molecular weight is 345 g/mol. The molecule has 2 aromatic rings. The Balaban J connectivity index is 2.07. The standard InChI is InChI=1S/C18H23N3O2S/c1-5-19-16(22)12(4)20-17(23)15-10-24-18(21-15)14-8-6-13(7-9-14)11(2)3/h6-12H,5H2,1-4H3,(H,19,22)(H,20,23)/t12-/m1/s1. The van der Waals surface area contributed by atoms with Crippen LogP contribution in [0.25, 0.3) is 10.6 Å². The monoisotopic (exact) mass is 345 g/mol. The van der Waals surface area contributed by atoms with Gasteiger partial charge in [-0.15, -0.1) is 11.3 Å². The fraction of sp³-hybridized carbons (Fsp3) is 0.389. The lowest BCUT2D eigenvalue weighted by atomic mass is 10.0. The van der Waals surface area contributed by atoms with Crippen molar-refractivity contribution in [3.05, 3.63) is 40.9 Å². The minimum atomic E-state index is -0.590. The van der Waals surface area contributed by atoms with Crippen LogP contribution in [0.4, 0.5) is 0 Å². The van der Waals surface area contributed by atoms with Crippen molar-refractivity contribution >= 4 is 23.2 Å². The van der Waals surface area contributed by atoms with Crippen LogP contribution in [-0.4, -0.2) is 29.4 Å². The number of hydrogen-bond donors (Lipinski definition) is 2. The van der Waals surface area contributed by atoms with Crippen LogP contribution in [0.3, 0.4) is 0 Å². The summed E-state index contributed by atoms with van der Waals surface area (Å²) in [6, 6.07) is 7.62. The van der Waals surface area contributed by atoms with Crippen LogP contribution in [0.2, 0.25) is 0 Å². The quantitative estimate of drug-likeness (QED) is 0.844. The Hall–Kier alpha value is -2.21. The molecule has 2 amide bonds. The number of rotatable bonds is 6. The van der Waals surface area contributed by atoms with Crippen molar-refractivity contribution in [2.45, 2.75) is 39.7 Å². The van der Waals surface area contributed by atoms with Crippen molar-refractivity contribution in [1.29, 1.82) is 0 Å². The van der Waals surface area contributed by atoms with Gasteiger partial charge in [-0.25, -0.2) is 4.98 Å². The minimum absolute atomic E-state index is 0.203. The fourth-order valence-electron chi connectivity index (χ4n) is 2.18. The maximum atomic E-state index is 12.2. The third-order valence-corrected chi connectivity index (χ3v) is 4.54. The molecule has 1 aromatic heterocycles. The van der Waals surface area contributed by atoms with Crippen LogP contribution in [0, 0.1) is 0 Å². The highest BCUT2D eigenvalue weighted by atomic mass is 32.1. The molecule has 0 saturated heterocycles. The van der Waals surface area contributed by atoms with Crippen molar-refractivity contribution in [3.63, 3.8) is 0 Å². The number of nitrogens with zero attached hydrogens (tertiary/aromatic N) is 1. The Bertz CT molecular complexity index is 707. The van der Waals surface area contributed by atoms with E-state index >= 15 is 0 Å². The van der Waals surface area contributed by atoms with Crippen LogP contribution in [0.5, 0.6) is 0 Å². The lowest BCUT2D eigenvalue weighted by Crippen LogP contribution is -2.44. The van der Waals surface area contributed by atoms with Gasteiger partial charge in [0.15, 0.2) is 0 Å². The third kappa shape index (κ3) is 4.41. The lowest BCUT2D eigenvalue weighted by molar-refractivity contribution is -0.122. The Morgan fingerprint density at radius 3 is 2.42 bits per heavy atom. The number of aromatic nitrogens is 1. The van der Waals surface area contributed by atoms with E-state index in [1.165, 1.54) is 16.9 Å². The Morgan fingerprint density at radius 1 is 1.17 bits per heavy atom. The fourth-order valence-corrected chi connectivity index (χ4v) is 2.99. The van der Waals surface area contributed by atoms with Gasteiger partial charge in [0.25, 0.3) is 5.91 Å². The first kappa shape index (κ1) is 18.1. The molecule has 6 heteroatoms. The molecule has 24 heavy (non-hydrogen) atoms. The number of nitrogens with one attached hydrogen (secondary N) is 2. The van der Waals surface area contributed by atoms with Gasteiger partial charge in [0.05, 0.1) is 0 Å². The highest BCUT2D eigenvalue weighted by Gasteiger charge is 2.18. The number of benzene rings is 1. The Kier molecular flexibility index (Phi) is 6.09. The predicted molar refractivity (Wildman–Crippen MR) is 97.3 cm³/mol. The molecule has 1 atom stereocenters. The van der Waals surface area contributed by atoms with E-state index in [4.69, 9.17) is 0 Å². The molecule has 5 nitrogen and oxygen atoms in total. The summed E-state index contributed by atoms with van der Waals surface area (Å²) in [6.45, 7) is 8.32. The molecule has 0 aliphatic rings. The number of likely N-dealkylation sites (N-methyl/N-ethyl adjacent to an activating group) is 1. The molecule has 128 valence electrons. The summed E-state index contributed by atoms with van der Waals surface area (Å²) in [5.74, 6) is -0.0620. The molecule has 0 fully saturated rings. The number of amides is 2. The van der Waals surface area contributed by atoms with Gasteiger partial charge < -0.3 is 10.6 Å². The van der Waals surface area contributed by atoms with Crippen molar-refractivity contribution < 1.29 is 9.59 Å². The second-order valence-corrected chi connectivity index (χ2v) is 6.76. The third-order valence-electron chi connectivity index (χ3n) is 3.65. The number of carbonyl (C=O) groups is 2. The number of carbonyl (C=O) groups excluding carboxylic acids is 2. The Labute approximate surface area is 146 Å². The van der Waals surface area contributed by atoms with Gasteiger partial charge in [0, 0.05) is 17.5 Å². The molecular formula is C18H23N3O2S. The van der Waals surface area contributed by atoms with Gasteiger partial charge in [-0.3, -0.25) is 9.59 Å². The van der Waals surface area contributed by atoms with Crippen LogP contribution in [0.1, 0.15) is 49.7 Å². The summed E-state index contributed by atoms with van der Waals surface area (Å²) in [5.41, 5.74) is 2.59. The van der Waals surface area contributed by atoms with Crippen LogP contribution < -0.4 is 10.6 Å². The number of thiazole rings is 1. The van der Waals surface area contributed by atoms with Gasteiger partial charge in [-0.2, -0.15) is 0 Å². The molecule has 0 aliphatic heterocycles. The van der Waals surface area contributed by atoms with Gasteiger partial charge in [0.2, 0.25) is 5.91 Å². The summed E-state index contributed by atoms with van der Waals surface area (Å²) in [4.78, 5) is 28.3. The highest BCUT2D eigenvalue weighted by Crippen LogP contribution is 2.25. The Morgan fingerprint density at radius 2 is 1.83 bits per heavy atom. The average Bonchev–Trinajstić information content (AvgIpc) is 3.05. The van der Waals surface area contributed by atoms with Crippen molar-refractivity contribution in [2.24, 2.45) is 0 Å². The minimum Gasteiger partial charge on any atom is -0.355 e. The molecule has 1 heterocycles. The van der Waals surface area contributed by atoms with E-state index in [2.05, 4.69) is 41.6 Å². The second-order valence-electron chi connectivity index (χ2n) is 5.90. The molecule has 2 N–H and O–H groups in total. The summed E-state index contributed by atoms with van der Waals surface area (Å²) in [6.07, 6.45) is 0. The largest absolute Gasteiger partial charge is 0.355 e. The van der Waals surface area contributed by atoms with Gasteiger partial charge >= 0.3 is 0 Å². The van der Waals surface area contributed by atoms with E-state index in [9.17, 15) is 9.59 Å². The lowest BCUT2D eigenvalue weighted by Gasteiger charge is -2.12. The van der Waals surface area contributed by atoms with Gasteiger partial charge in [0.1, 0.15) is 16.7 Å². The maximum Gasteiger partial charge on any atom is 0.271 e. The van der Waals surface area contributed by atoms with Crippen molar-refractivity contribution in [3.8, 4) is 10.6 Å². The normalized spacial score (nSPS) is 12.0. The molecule has 0 bridgehead atoms. The molecule has 0 spiro atoms. The first-order chi connectivity index (χ1) is 11.4. The van der Waals surface area contributed by atoms with Crippen molar-refractivity contribution in [1.82, 2.24) is 15.6 Å². The summed E-state index contributed by atoms with van der Waals surface area (Å²) < 4.78 is 0. The zero-order chi connectivity index (χ0) is 17.7. The van der Waals surface area contributed by atoms with E-state index in [0.29, 0.717) is 18.2 Å². The molecule has 0 saturated carbocycles. The van der Waals surface area contributed by atoms with Crippen LogP contribution in [-0.2, 0) is 4.79 Å². The van der Waals surface area contributed by atoms with E-state index in [-0.39, 0.29) is 11.8 Å². The second kappa shape index (κ2) is 8.06. The molecule has 0 aliphatic carbocycles. The SMILES string of the molecule is CCNC(=O)[C@@H](C)NC(=O)c1csc(-c2ccc(C(C)C)cc2)n1. The summed E-state index contributed by atoms with van der Waals surface area (Å²) >= 11 is 1.42. The zero-order valence-electron chi connectivity index (χ0n) is 14.4. The van der Waals surface area contributed by atoms with Crippen LogP contribution in [0.15, 0.2) is 29.6 Å². The zero-order valence-corrected chi connectivity index (χ0v) is 15.2. The van der Waals surface area contributed by atoms with E-state index in [1.807, 2.05) is 19.1 Å². The first-order valence-corrected chi connectivity index (χ1v) is 8.94. The molecule has 1 aromatic carbocycles. The molecule has 2 rings (SSSR count). The summed E-state index contributed by atoms with van der Waals surface area (Å²) in [7, 11) is 0. The van der Waals surface area contributed by atoms with E-state index < -0.39 is 6.04 Å². The maximum absolute atomic E-state index is 12.2. The molecular weight excluding hydrogens is 322 g/mol. The van der Waals surface area contributed by atoms with E-state index in [0.717, 1.165) is 10.6 Å². The topological polar surface area (TPSA) is 71.1 Å². The molecule has 0 radical (unpaired) electrons. The highest BCUT2D eigenvalue weighted by molar-refractivity contribution is 7.13. The van der Waals surface area contributed by atoms with Crippen molar-refractivity contribution in [2.75, 3.05) is 6.54 Å². The van der Waals surface area contributed by atoms with Crippen LogP contribution >= 0.6 is 11.3 Å². The van der Waals surface area contributed by atoms with E-state index in [1.54, 1.807) is 12.3 Å². The van der Waals surface area contributed by atoms with Gasteiger partial charge in [-0.05, 0) is 25.3 Å². The summed E-state index contributed by atoms with van der Waals surface area (Å²) in [5, 5.41) is 7.85. The first-order valence-electron chi connectivity index (χ1n) is 8.06. The molecule has 0 unspecified atom stereocenters. The predicted octanol–water partition coefficient (Wildman–Crippen LogP) is 3.19. The number of hydrogen-bond acceptors (Lipinski definition) is 4.